The predicted molar refractivity (Wildman–Crippen MR) is 73.3 cm³/mol. The maximum Gasteiger partial charge on any atom is 0.0457 e. The van der Waals surface area contributed by atoms with Crippen LogP contribution in [0.4, 0.5) is 5.69 Å². The Balaban J connectivity index is 2.98. The Morgan fingerprint density at radius 1 is 1.12 bits per heavy atom. The van der Waals surface area contributed by atoms with Crippen LogP contribution in [-0.4, -0.2) is 0 Å². The topological polar surface area (TPSA) is 12.0 Å². The summed E-state index contributed by atoms with van der Waals surface area (Å²) in [7, 11) is 0. The Hall–Kier alpha value is -1.76. The van der Waals surface area contributed by atoms with Crippen LogP contribution in [0, 0.1) is 0 Å². The van der Waals surface area contributed by atoms with E-state index in [-0.39, 0.29) is 0 Å². The Morgan fingerprint density at radius 3 is 2.31 bits per heavy atom. The molecule has 0 aliphatic rings. The summed E-state index contributed by atoms with van der Waals surface area (Å²) < 4.78 is 0. The normalized spacial score (nSPS) is 9.62. The molecule has 0 aliphatic carbocycles. The average molecular weight is 213 g/mol. The Kier molecular flexibility index (Phi) is 4.12. The van der Waals surface area contributed by atoms with Gasteiger partial charge in [0.1, 0.15) is 0 Å². The van der Waals surface area contributed by atoms with Gasteiger partial charge in [-0.3, -0.25) is 0 Å². The number of anilines is 1. The van der Waals surface area contributed by atoms with Crippen LogP contribution in [-0.2, 0) is 0 Å². The molecule has 0 unspecified atom stereocenters. The van der Waals surface area contributed by atoms with E-state index in [0.29, 0.717) is 0 Å². The summed E-state index contributed by atoms with van der Waals surface area (Å²) in [5.41, 5.74) is 5.32. The molecule has 1 aromatic rings. The molecule has 0 atom stereocenters. The summed E-state index contributed by atoms with van der Waals surface area (Å²) in [6.07, 6.45) is 0.828. The molecule has 0 saturated carbocycles. The van der Waals surface area contributed by atoms with E-state index in [4.69, 9.17) is 0 Å². The van der Waals surface area contributed by atoms with E-state index in [2.05, 4.69) is 31.1 Å². The van der Waals surface area contributed by atoms with Crippen LogP contribution in [0.25, 0.3) is 5.57 Å². The van der Waals surface area contributed by atoms with Gasteiger partial charge in [0.15, 0.2) is 0 Å². The van der Waals surface area contributed by atoms with Crippen LogP contribution in [0.5, 0.6) is 0 Å². The molecular formula is C15H19N. The van der Waals surface area contributed by atoms with E-state index >= 15 is 0 Å². The smallest absolute Gasteiger partial charge is 0.0457 e. The third-order valence-corrected chi connectivity index (χ3v) is 2.17. The Labute approximate surface area is 98.2 Å². The fraction of sp³-hybridized carbons (Fsp3) is 0.200. The molecule has 1 N–H and O–H groups in total. The van der Waals surface area contributed by atoms with Gasteiger partial charge in [0.2, 0.25) is 0 Å². The van der Waals surface area contributed by atoms with Crippen molar-refractivity contribution in [1.82, 2.24) is 0 Å². The fourth-order valence-corrected chi connectivity index (χ4v) is 1.59. The molecule has 0 aromatic heterocycles. The van der Waals surface area contributed by atoms with Crippen molar-refractivity contribution in [3.05, 3.63) is 60.8 Å². The minimum atomic E-state index is 0.828. The van der Waals surface area contributed by atoms with E-state index in [0.717, 1.165) is 34.5 Å². The van der Waals surface area contributed by atoms with Crippen molar-refractivity contribution < 1.29 is 0 Å². The largest absolute Gasteiger partial charge is 0.359 e. The van der Waals surface area contributed by atoms with Crippen LogP contribution in [0.3, 0.4) is 0 Å². The standard InChI is InChI=1S/C15H19N/c1-11(2)10-13(5)14-8-6-7-9-15(14)16-12(3)4/h6-9,16H,1,3,5,10H2,2,4H3. The highest BCUT2D eigenvalue weighted by atomic mass is 14.9. The number of allylic oxidation sites excluding steroid dienone is 3. The maximum absolute atomic E-state index is 4.10. The maximum atomic E-state index is 4.10. The highest BCUT2D eigenvalue weighted by Gasteiger charge is 2.05. The van der Waals surface area contributed by atoms with Crippen LogP contribution >= 0.6 is 0 Å². The first-order chi connectivity index (χ1) is 7.50. The minimum Gasteiger partial charge on any atom is -0.359 e. The summed E-state index contributed by atoms with van der Waals surface area (Å²) in [5.74, 6) is 0. The van der Waals surface area contributed by atoms with Gasteiger partial charge >= 0.3 is 0 Å². The first-order valence-corrected chi connectivity index (χ1v) is 5.35. The van der Waals surface area contributed by atoms with Gasteiger partial charge in [0.25, 0.3) is 0 Å². The molecule has 1 rings (SSSR count). The Bertz CT molecular complexity index is 427. The summed E-state index contributed by atoms with van der Waals surface area (Å²) in [6.45, 7) is 15.8. The summed E-state index contributed by atoms with van der Waals surface area (Å²) in [6, 6.07) is 8.12. The second-order valence-corrected chi connectivity index (χ2v) is 4.19. The van der Waals surface area contributed by atoms with Gasteiger partial charge in [-0.2, -0.15) is 0 Å². The van der Waals surface area contributed by atoms with E-state index in [1.807, 2.05) is 32.0 Å². The molecule has 0 saturated heterocycles. The molecule has 0 spiro atoms. The third kappa shape index (κ3) is 3.43. The number of hydrogen-bond donors (Lipinski definition) is 1. The Morgan fingerprint density at radius 2 is 1.75 bits per heavy atom. The quantitative estimate of drug-likeness (QED) is 0.704. The third-order valence-electron chi connectivity index (χ3n) is 2.17. The van der Waals surface area contributed by atoms with Crippen molar-refractivity contribution in [2.24, 2.45) is 0 Å². The highest BCUT2D eigenvalue weighted by Crippen LogP contribution is 2.27. The second kappa shape index (κ2) is 5.36. The summed E-state index contributed by atoms with van der Waals surface area (Å²) >= 11 is 0. The molecule has 0 bridgehead atoms. The van der Waals surface area contributed by atoms with Gasteiger partial charge in [-0.25, -0.2) is 0 Å². The number of rotatable bonds is 5. The van der Waals surface area contributed by atoms with Crippen LogP contribution in [0.2, 0.25) is 0 Å². The lowest BCUT2D eigenvalue weighted by atomic mass is 9.99. The monoisotopic (exact) mass is 213 g/mol. The molecule has 0 fully saturated rings. The molecule has 84 valence electrons. The molecule has 0 aliphatic heterocycles. The van der Waals surface area contributed by atoms with Gasteiger partial charge in [-0.1, -0.05) is 43.5 Å². The van der Waals surface area contributed by atoms with Crippen molar-refractivity contribution in [2.45, 2.75) is 20.3 Å². The lowest BCUT2D eigenvalue weighted by Gasteiger charge is -2.13. The SMILES string of the molecule is C=C(C)CC(=C)c1ccccc1NC(=C)C. The summed E-state index contributed by atoms with van der Waals surface area (Å²) in [4.78, 5) is 0. The van der Waals surface area contributed by atoms with Crippen molar-refractivity contribution in [3.8, 4) is 0 Å². The van der Waals surface area contributed by atoms with Gasteiger partial charge in [-0.15, -0.1) is 0 Å². The van der Waals surface area contributed by atoms with E-state index in [1.165, 1.54) is 0 Å². The average Bonchev–Trinajstić information content (AvgIpc) is 2.16. The van der Waals surface area contributed by atoms with E-state index in [1.54, 1.807) is 0 Å². The predicted octanol–water partition coefficient (Wildman–Crippen LogP) is 4.61. The molecular weight excluding hydrogens is 194 g/mol. The molecule has 1 aromatic carbocycles. The summed E-state index contributed by atoms with van der Waals surface area (Å²) in [5, 5.41) is 3.24. The van der Waals surface area contributed by atoms with Crippen molar-refractivity contribution in [3.63, 3.8) is 0 Å². The van der Waals surface area contributed by atoms with Gasteiger partial charge in [0.05, 0.1) is 0 Å². The van der Waals surface area contributed by atoms with Gasteiger partial charge in [0, 0.05) is 16.9 Å². The number of nitrogens with one attached hydrogen (secondary N) is 1. The van der Waals surface area contributed by atoms with Crippen LogP contribution in [0.15, 0.2) is 55.3 Å². The first kappa shape index (κ1) is 12.3. The molecule has 0 heterocycles. The van der Waals surface area contributed by atoms with E-state index < -0.39 is 0 Å². The second-order valence-electron chi connectivity index (χ2n) is 4.19. The number of benzene rings is 1. The zero-order valence-electron chi connectivity index (χ0n) is 10.1. The first-order valence-electron chi connectivity index (χ1n) is 5.35. The van der Waals surface area contributed by atoms with Crippen molar-refractivity contribution in [2.75, 3.05) is 5.32 Å². The lowest BCUT2D eigenvalue weighted by Crippen LogP contribution is -1.98. The molecule has 16 heavy (non-hydrogen) atoms. The zero-order chi connectivity index (χ0) is 12.1. The molecule has 0 radical (unpaired) electrons. The van der Waals surface area contributed by atoms with Crippen LogP contribution in [0.1, 0.15) is 25.8 Å². The van der Waals surface area contributed by atoms with Crippen molar-refractivity contribution >= 4 is 11.3 Å². The molecule has 1 nitrogen and oxygen atoms in total. The fourth-order valence-electron chi connectivity index (χ4n) is 1.59. The van der Waals surface area contributed by atoms with Gasteiger partial charge in [-0.05, 0) is 31.9 Å². The molecule has 1 heteroatoms. The van der Waals surface area contributed by atoms with E-state index in [9.17, 15) is 0 Å². The van der Waals surface area contributed by atoms with Gasteiger partial charge < -0.3 is 5.32 Å². The minimum absolute atomic E-state index is 0.828. The zero-order valence-corrected chi connectivity index (χ0v) is 10.1. The van der Waals surface area contributed by atoms with Crippen molar-refractivity contribution in [1.29, 1.82) is 0 Å². The highest BCUT2D eigenvalue weighted by molar-refractivity contribution is 5.76. The van der Waals surface area contributed by atoms with Crippen LogP contribution < -0.4 is 5.32 Å². The number of hydrogen-bond acceptors (Lipinski definition) is 1. The number of para-hydroxylation sites is 1. The molecule has 0 amide bonds. The lowest BCUT2D eigenvalue weighted by molar-refractivity contribution is 1.24.